The van der Waals surface area contributed by atoms with E-state index in [9.17, 15) is 5.26 Å². The van der Waals surface area contributed by atoms with E-state index in [2.05, 4.69) is 41.8 Å². The Hall–Kier alpha value is -2.21. The lowest BCUT2D eigenvalue weighted by Crippen LogP contribution is -2.11. The molecule has 0 aliphatic heterocycles. The lowest BCUT2D eigenvalue weighted by molar-refractivity contribution is 0.505. The third-order valence-corrected chi connectivity index (χ3v) is 4.04. The Morgan fingerprint density at radius 3 is 2.45 bits per heavy atom. The van der Waals surface area contributed by atoms with Gasteiger partial charge in [0.25, 0.3) is 0 Å². The number of nitrogen functional groups attached to an aromatic ring is 1. The molecule has 0 radical (unpaired) electrons. The molecular weight excluding hydrogens is 246 g/mol. The molecule has 1 atom stereocenters. The van der Waals surface area contributed by atoms with Crippen LogP contribution in [-0.2, 0) is 6.42 Å². The van der Waals surface area contributed by atoms with Crippen LogP contribution in [-0.4, -0.2) is 4.57 Å². The summed E-state index contributed by atoms with van der Waals surface area (Å²) in [6.45, 7) is 6.16. The van der Waals surface area contributed by atoms with Crippen molar-refractivity contribution in [2.24, 2.45) is 0 Å². The second-order valence-corrected chi connectivity index (χ2v) is 5.33. The van der Waals surface area contributed by atoms with E-state index < -0.39 is 0 Å². The van der Waals surface area contributed by atoms with Crippen molar-refractivity contribution in [2.75, 3.05) is 5.73 Å². The number of benzene rings is 1. The molecule has 20 heavy (non-hydrogen) atoms. The van der Waals surface area contributed by atoms with Crippen LogP contribution in [0.4, 0.5) is 5.82 Å². The number of hydrogen-bond acceptors (Lipinski definition) is 2. The molecular formula is C17H21N3. The smallest absolute Gasteiger partial charge is 0.122 e. The van der Waals surface area contributed by atoms with Crippen LogP contribution < -0.4 is 5.73 Å². The van der Waals surface area contributed by atoms with Crippen LogP contribution in [0.25, 0.3) is 0 Å². The van der Waals surface area contributed by atoms with Gasteiger partial charge >= 0.3 is 0 Å². The minimum atomic E-state index is 0.288. The van der Waals surface area contributed by atoms with Crippen molar-refractivity contribution < 1.29 is 0 Å². The SMILES string of the molecule is Cc1c(C#N)c(N)n(C(C)CCc2ccccc2)c1C. The number of nitriles is 1. The zero-order valence-electron chi connectivity index (χ0n) is 12.4. The minimum absolute atomic E-state index is 0.288. The van der Waals surface area contributed by atoms with Crippen molar-refractivity contribution in [3.05, 3.63) is 52.7 Å². The molecule has 2 rings (SSSR count). The molecule has 0 amide bonds. The Bertz CT molecular complexity index is 632. The van der Waals surface area contributed by atoms with E-state index in [0.29, 0.717) is 11.4 Å². The quantitative estimate of drug-likeness (QED) is 0.917. The van der Waals surface area contributed by atoms with Crippen molar-refractivity contribution in [1.29, 1.82) is 5.26 Å². The number of hydrogen-bond donors (Lipinski definition) is 1. The molecule has 0 aliphatic rings. The lowest BCUT2D eigenvalue weighted by atomic mass is 10.1. The maximum atomic E-state index is 9.18. The molecule has 104 valence electrons. The number of anilines is 1. The number of rotatable bonds is 4. The van der Waals surface area contributed by atoms with E-state index >= 15 is 0 Å². The molecule has 3 nitrogen and oxygen atoms in total. The standard InChI is InChI=1S/C17H21N3/c1-12(9-10-15-7-5-4-6-8-15)20-14(3)13(2)16(11-18)17(20)19/h4-8,12H,9-10,19H2,1-3H3. The van der Waals surface area contributed by atoms with Crippen molar-refractivity contribution in [3.63, 3.8) is 0 Å². The zero-order chi connectivity index (χ0) is 14.7. The fraction of sp³-hybridized carbons (Fsp3) is 0.353. The predicted octanol–water partition coefficient (Wildman–Crippen LogP) is 3.75. The van der Waals surface area contributed by atoms with Gasteiger partial charge in [-0.05, 0) is 44.7 Å². The van der Waals surface area contributed by atoms with E-state index in [0.717, 1.165) is 24.1 Å². The van der Waals surface area contributed by atoms with Gasteiger partial charge in [0, 0.05) is 11.7 Å². The largest absolute Gasteiger partial charge is 0.384 e. The highest BCUT2D eigenvalue weighted by molar-refractivity contribution is 5.58. The average Bonchev–Trinajstić information content (AvgIpc) is 2.67. The summed E-state index contributed by atoms with van der Waals surface area (Å²) in [6.07, 6.45) is 2.02. The van der Waals surface area contributed by atoms with Gasteiger partial charge in [0.1, 0.15) is 11.9 Å². The van der Waals surface area contributed by atoms with Crippen molar-refractivity contribution >= 4 is 5.82 Å². The number of aryl methyl sites for hydroxylation is 1. The van der Waals surface area contributed by atoms with Crippen molar-refractivity contribution in [2.45, 2.75) is 39.7 Å². The van der Waals surface area contributed by atoms with Crippen LogP contribution in [0.5, 0.6) is 0 Å². The average molecular weight is 267 g/mol. The van der Waals surface area contributed by atoms with E-state index in [-0.39, 0.29) is 6.04 Å². The lowest BCUT2D eigenvalue weighted by Gasteiger charge is -2.18. The minimum Gasteiger partial charge on any atom is -0.384 e. The summed E-state index contributed by atoms with van der Waals surface area (Å²) in [7, 11) is 0. The molecule has 2 N–H and O–H groups in total. The van der Waals surface area contributed by atoms with E-state index in [4.69, 9.17) is 5.73 Å². The summed E-state index contributed by atoms with van der Waals surface area (Å²) >= 11 is 0. The van der Waals surface area contributed by atoms with Gasteiger partial charge in [0.15, 0.2) is 0 Å². The van der Waals surface area contributed by atoms with Crippen LogP contribution >= 0.6 is 0 Å². The normalized spacial score (nSPS) is 12.1. The van der Waals surface area contributed by atoms with Crippen LogP contribution in [0.1, 0.15) is 41.8 Å². The maximum absolute atomic E-state index is 9.18. The first-order chi connectivity index (χ1) is 9.56. The number of nitrogens with two attached hydrogens (primary N) is 1. The fourth-order valence-corrected chi connectivity index (χ4v) is 2.71. The van der Waals surface area contributed by atoms with Gasteiger partial charge < -0.3 is 10.3 Å². The highest BCUT2D eigenvalue weighted by atomic mass is 15.1. The van der Waals surface area contributed by atoms with Gasteiger partial charge in [0.05, 0.1) is 5.56 Å². The predicted molar refractivity (Wildman–Crippen MR) is 82.5 cm³/mol. The van der Waals surface area contributed by atoms with E-state index in [1.807, 2.05) is 19.9 Å². The van der Waals surface area contributed by atoms with Gasteiger partial charge in [-0.15, -0.1) is 0 Å². The summed E-state index contributed by atoms with van der Waals surface area (Å²) in [4.78, 5) is 0. The Labute approximate surface area is 120 Å². The first kappa shape index (κ1) is 14.2. The molecule has 0 bridgehead atoms. The summed E-state index contributed by atoms with van der Waals surface area (Å²) < 4.78 is 2.09. The second-order valence-electron chi connectivity index (χ2n) is 5.33. The first-order valence-electron chi connectivity index (χ1n) is 6.97. The number of aromatic nitrogens is 1. The molecule has 0 fully saturated rings. The number of nitrogens with zero attached hydrogens (tertiary/aromatic N) is 2. The Balaban J connectivity index is 2.18. The molecule has 0 spiro atoms. The zero-order valence-corrected chi connectivity index (χ0v) is 12.4. The van der Waals surface area contributed by atoms with Crippen molar-refractivity contribution in [3.8, 4) is 6.07 Å². The van der Waals surface area contributed by atoms with Crippen LogP contribution in [0.3, 0.4) is 0 Å². The van der Waals surface area contributed by atoms with Gasteiger partial charge in [-0.3, -0.25) is 0 Å². The third-order valence-electron chi connectivity index (χ3n) is 4.04. The summed E-state index contributed by atoms with van der Waals surface area (Å²) in [5.41, 5.74) is 10.2. The van der Waals surface area contributed by atoms with E-state index in [1.54, 1.807) is 0 Å². The third kappa shape index (κ3) is 2.55. The molecule has 1 unspecified atom stereocenters. The molecule has 0 saturated heterocycles. The molecule has 1 heterocycles. The highest BCUT2D eigenvalue weighted by Crippen LogP contribution is 2.29. The Morgan fingerprint density at radius 1 is 1.25 bits per heavy atom. The molecule has 1 aromatic carbocycles. The fourth-order valence-electron chi connectivity index (χ4n) is 2.71. The summed E-state index contributed by atoms with van der Waals surface area (Å²) in [6, 6.07) is 12.9. The molecule has 3 heteroatoms. The van der Waals surface area contributed by atoms with Gasteiger partial charge in [0.2, 0.25) is 0 Å². The van der Waals surface area contributed by atoms with Gasteiger partial charge in [-0.2, -0.15) is 5.26 Å². The molecule has 0 aliphatic carbocycles. The topological polar surface area (TPSA) is 54.7 Å². The molecule has 2 aromatic rings. The Morgan fingerprint density at radius 2 is 1.90 bits per heavy atom. The summed E-state index contributed by atoms with van der Waals surface area (Å²) in [5.74, 6) is 0.600. The van der Waals surface area contributed by atoms with Crippen molar-refractivity contribution in [1.82, 2.24) is 4.57 Å². The highest BCUT2D eigenvalue weighted by Gasteiger charge is 2.18. The first-order valence-corrected chi connectivity index (χ1v) is 6.97. The second kappa shape index (κ2) is 5.83. The monoisotopic (exact) mass is 267 g/mol. The van der Waals surface area contributed by atoms with Crippen LogP contribution in [0.15, 0.2) is 30.3 Å². The molecule has 1 aromatic heterocycles. The Kier molecular flexibility index (Phi) is 4.14. The van der Waals surface area contributed by atoms with Crippen LogP contribution in [0, 0.1) is 25.2 Å². The summed E-state index contributed by atoms with van der Waals surface area (Å²) in [5, 5.41) is 9.18. The van der Waals surface area contributed by atoms with Gasteiger partial charge in [-0.1, -0.05) is 30.3 Å². The van der Waals surface area contributed by atoms with E-state index in [1.165, 1.54) is 5.56 Å². The van der Waals surface area contributed by atoms with Crippen LogP contribution in [0.2, 0.25) is 0 Å². The van der Waals surface area contributed by atoms with Gasteiger partial charge in [-0.25, -0.2) is 0 Å². The molecule has 0 saturated carbocycles. The maximum Gasteiger partial charge on any atom is 0.122 e.